The van der Waals surface area contributed by atoms with Crippen LogP contribution in [0, 0.1) is 0 Å². The highest BCUT2D eigenvalue weighted by atomic mass is 79.9. The van der Waals surface area contributed by atoms with Crippen LogP contribution < -0.4 is 5.56 Å². The lowest BCUT2D eigenvalue weighted by Crippen LogP contribution is -2.16. The van der Waals surface area contributed by atoms with Gasteiger partial charge in [-0.1, -0.05) is 13.8 Å². The van der Waals surface area contributed by atoms with E-state index in [1.807, 2.05) is 13.8 Å². The molecule has 2 aromatic heterocycles. The largest absolute Gasteiger partial charge is 0.292 e. The molecule has 84 valence electrons. The van der Waals surface area contributed by atoms with Gasteiger partial charge in [0.25, 0.3) is 5.56 Å². The van der Waals surface area contributed by atoms with Gasteiger partial charge >= 0.3 is 0 Å². The van der Waals surface area contributed by atoms with E-state index in [-0.39, 0.29) is 11.5 Å². The highest BCUT2D eigenvalue weighted by Gasteiger charge is 2.15. The Hall–Kier alpha value is -1.43. The van der Waals surface area contributed by atoms with Crippen molar-refractivity contribution in [2.75, 3.05) is 0 Å². The maximum Gasteiger partial charge on any atom is 0.287 e. The van der Waals surface area contributed by atoms with Crippen LogP contribution in [-0.2, 0) is 0 Å². The molecule has 0 aliphatic rings. The van der Waals surface area contributed by atoms with E-state index in [4.69, 9.17) is 0 Å². The SMILES string of the molecule is CC(C)c1[nH]n(-c2cccnn2)c(=O)c1Br. The average Bonchev–Trinajstić information content (AvgIpc) is 2.58. The van der Waals surface area contributed by atoms with Gasteiger partial charge in [0.1, 0.15) is 4.47 Å². The Balaban J connectivity index is 2.60. The molecule has 5 nitrogen and oxygen atoms in total. The van der Waals surface area contributed by atoms with Crippen LogP contribution >= 0.6 is 15.9 Å². The molecule has 0 spiro atoms. The van der Waals surface area contributed by atoms with E-state index in [1.54, 1.807) is 18.3 Å². The summed E-state index contributed by atoms with van der Waals surface area (Å²) in [5.41, 5.74) is 0.708. The topological polar surface area (TPSA) is 63.6 Å². The summed E-state index contributed by atoms with van der Waals surface area (Å²) in [4.78, 5) is 11.9. The molecule has 0 amide bonds. The summed E-state index contributed by atoms with van der Waals surface area (Å²) in [6.45, 7) is 4.02. The van der Waals surface area contributed by atoms with Gasteiger partial charge in [0, 0.05) is 6.20 Å². The molecule has 0 unspecified atom stereocenters. The van der Waals surface area contributed by atoms with Crippen LogP contribution in [0.1, 0.15) is 25.5 Å². The average molecular weight is 283 g/mol. The van der Waals surface area contributed by atoms with Gasteiger partial charge in [-0.05, 0) is 34.0 Å². The van der Waals surface area contributed by atoms with Gasteiger partial charge in [-0.15, -0.1) is 5.10 Å². The van der Waals surface area contributed by atoms with Crippen LogP contribution in [0.3, 0.4) is 0 Å². The zero-order valence-corrected chi connectivity index (χ0v) is 10.5. The Morgan fingerprint density at radius 2 is 2.25 bits per heavy atom. The molecular weight excluding hydrogens is 272 g/mol. The highest BCUT2D eigenvalue weighted by Crippen LogP contribution is 2.19. The van der Waals surface area contributed by atoms with E-state index >= 15 is 0 Å². The minimum absolute atomic E-state index is 0.149. The van der Waals surface area contributed by atoms with Gasteiger partial charge in [0.2, 0.25) is 0 Å². The van der Waals surface area contributed by atoms with Crippen molar-refractivity contribution in [3.8, 4) is 5.82 Å². The molecule has 2 heterocycles. The number of aromatic amines is 1. The van der Waals surface area contributed by atoms with Crippen LogP contribution in [0.2, 0.25) is 0 Å². The zero-order valence-electron chi connectivity index (χ0n) is 8.94. The van der Waals surface area contributed by atoms with E-state index in [0.29, 0.717) is 10.3 Å². The molecule has 2 rings (SSSR count). The molecule has 0 radical (unpaired) electrons. The summed E-state index contributed by atoms with van der Waals surface area (Å²) in [6.07, 6.45) is 1.57. The fraction of sp³-hybridized carbons (Fsp3) is 0.300. The third kappa shape index (κ3) is 1.80. The molecule has 0 atom stereocenters. The van der Waals surface area contributed by atoms with E-state index in [1.165, 1.54) is 4.68 Å². The normalized spacial score (nSPS) is 11.0. The molecule has 0 fully saturated rings. The molecule has 16 heavy (non-hydrogen) atoms. The van der Waals surface area contributed by atoms with Crippen molar-refractivity contribution < 1.29 is 0 Å². The lowest BCUT2D eigenvalue weighted by Gasteiger charge is -2.01. The van der Waals surface area contributed by atoms with Crippen LogP contribution in [0.4, 0.5) is 0 Å². The van der Waals surface area contributed by atoms with E-state index in [9.17, 15) is 4.79 Å². The first-order valence-electron chi connectivity index (χ1n) is 4.89. The van der Waals surface area contributed by atoms with Crippen molar-refractivity contribution in [3.05, 3.63) is 38.9 Å². The molecule has 1 N–H and O–H groups in total. The van der Waals surface area contributed by atoms with E-state index < -0.39 is 0 Å². The number of nitrogens with one attached hydrogen (secondary N) is 1. The minimum atomic E-state index is -0.149. The van der Waals surface area contributed by atoms with Crippen molar-refractivity contribution in [2.24, 2.45) is 0 Å². The standard InChI is InChI=1S/C10H11BrN4O/c1-6(2)9-8(11)10(16)15(14-9)7-4-3-5-12-13-7/h3-6,14H,1-2H3. The molecule has 0 aliphatic heterocycles. The van der Waals surface area contributed by atoms with Crippen LogP contribution in [0.25, 0.3) is 5.82 Å². The van der Waals surface area contributed by atoms with Crippen LogP contribution in [-0.4, -0.2) is 20.0 Å². The third-order valence-corrected chi connectivity index (χ3v) is 2.99. The first-order chi connectivity index (χ1) is 7.61. The summed E-state index contributed by atoms with van der Waals surface area (Å²) in [6, 6.07) is 3.46. The van der Waals surface area contributed by atoms with Crippen molar-refractivity contribution in [1.29, 1.82) is 0 Å². The van der Waals surface area contributed by atoms with Gasteiger partial charge in [-0.25, -0.2) is 0 Å². The highest BCUT2D eigenvalue weighted by molar-refractivity contribution is 9.10. The Kier molecular flexibility index (Phi) is 2.91. The van der Waals surface area contributed by atoms with Gasteiger partial charge in [0.05, 0.1) is 5.69 Å². The second kappa shape index (κ2) is 4.21. The fourth-order valence-corrected chi connectivity index (χ4v) is 2.11. The van der Waals surface area contributed by atoms with Crippen molar-refractivity contribution in [1.82, 2.24) is 20.0 Å². The van der Waals surface area contributed by atoms with Gasteiger partial charge in [-0.3, -0.25) is 9.89 Å². The van der Waals surface area contributed by atoms with Crippen molar-refractivity contribution in [2.45, 2.75) is 19.8 Å². The van der Waals surface area contributed by atoms with Crippen molar-refractivity contribution >= 4 is 15.9 Å². The molecule has 0 saturated carbocycles. The number of rotatable bonds is 2. The Morgan fingerprint density at radius 3 is 2.75 bits per heavy atom. The summed E-state index contributed by atoms with van der Waals surface area (Å²) in [7, 11) is 0. The Bertz CT molecular complexity index is 544. The predicted octanol–water partition coefficient (Wildman–Crippen LogP) is 1.84. The maximum atomic E-state index is 11.9. The molecule has 6 heteroatoms. The Labute approximate surface area is 101 Å². The van der Waals surface area contributed by atoms with Gasteiger partial charge in [0.15, 0.2) is 5.82 Å². The number of hydrogen-bond donors (Lipinski definition) is 1. The zero-order chi connectivity index (χ0) is 11.7. The quantitative estimate of drug-likeness (QED) is 0.914. The van der Waals surface area contributed by atoms with Gasteiger partial charge in [-0.2, -0.15) is 9.78 Å². The first kappa shape index (κ1) is 11.1. The number of aromatic nitrogens is 4. The molecule has 2 aromatic rings. The molecule has 0 aliphatic carbocycles. The van der Waals surface area contributed by atoms with Gasteiger partial charge < -0.3 is 0 Å². The smallest absolute Gasteiger partial charge is 0.287 e. The van der Waals surface area contributed by atoms with Crippen LogP contribution in [0.5, 0.6) is 0 Å². The first-order valence-corrected chi connectivity index (χ1v) is 5.69. The van der Waals surface area contributed by atoms with E-state index in [0.717, 1.165) is 5.69 Å². The minimum Gasteiger partial charge on any atom is -0.292 e. The third-order valence-electron chi connectivity index (χ3n) is 2.22. The lowest BCUT2D eigenvalue weighted by atomic mass is 10.1. The number of halogens is 1. The molecular formula is C10H11BrN4O. The second-order valence-corrected chi connectivity index (χ2v) is 4.51. The monoisotopic (exact) mass is 282 g/mol. The number of H-pyrrole nitrogens is 1. The maximum absolute atomic E-state index is 11.9. The summed E-state index contributed by atoms with van der Waals surface area (Å²) < 4.78 is 1.93. The number of hydrogen-bond acceptors (Lipinski definition) is 3. The molecule has 0 aromatic carbocycles. The number of nitrogens with zero attached hydrogens (tertiary/aromatic N) is 3. The summed E-state index contributed by atoms with van der Waals surface area (Å²) in [5, 5.41) is 10.6. The lowest BCUT2D eigenvalue weighted by molar-refractivity contribution is 0.737. The molecule has 0 saturated heterocycles. The van der Waals surface area contributed by atoms with Crippen LogP contribution in [0.15, 0.2) is 27.6 Å². The Morgan fingerprint density at radius 1 is 1.50 bits per heavy atom. The summed E-state index contributed by atoms with van der Waals surface area (Å²) in [5.74, 6) is 0.722. The molecule has 0 bridgehead atoms. The predicted molar refractivity (Wildman–Crippen MR) is 63.8 cm³/mol. The second-order valence-electron chi connectivity index (χ2n) is 3.72. The summed E-state index contributed by atoms with van der Waals surface area (Å²) >= 11 is 3.29. The fourth-order valence-electron chi connectivity index (χ4n) is 1.39. The van der Waals surface area contributed by atoms with E-state index in [2.05, 4.69) is 31.2 Å². The van der Waals surface area contributed by atoms with Crippen molar-refractivity contribution in [3.63, 3.8) is 0 Å².